The second-order valence-electron chi connectivity index (χ2n) is 9.47. The van der Waals surface area contributed by atoms with Crippen LogP contribution in [0, 0.1) is 5.92 Å². The lowest BCUT2D eigenvalue weighted by atomic mass is 9.81. The van der Waals surface area contributed by atoms with Crippen LogP contribution >= 0.6 is 0 Å². The Kier molecular flexibility index (Phi) is 13.5. The Bertz CT molecular complexity index is 475. The molecule has 0 heterocycles. The molecular formula is C28H48. The summed E-state index contributed by atoms with van der Waals surface area (Å²) in [5.41, 5.74) is 3.25. The first-order valence-electron chi connectivity index (χ1n) is 13.0. The summed E-state index contributed by atoms with van der Waals surface area (Å²) in [7, 11) is 0. The molecular weight excluding hydrogens is 336 g/mol. The normalized spacial score (nSPS) is 16.2. The minimum absolute atomic E-state index is 0.960. The van der Waals surface area contributed by atoms with E-state index in [0.29, 0.717) is 0 Å². The lowest BCUT2D eigenvalue weighted by Crippen LogP contribution is -2.14. The average molecular weight is 385 g/mol. The van der Waals surface area contributed by atoms with Gasteiger partial charge in [0.25, 0.3) is 0 Å². The van der Waals surface area contributed by atoms with Gasteiger partial charge in [0.2, 0.25) is 0 Å². The van der Waals surface area contributed by atoms with Gasteiger partial charge in [-0.3, -0.25) is 0 Å². The van der Waals surface area contributed by atoms with E-state index in [0.717, 1.165) is 5.92 Å². The summed E-state index contributed by atoms with van der Waals surface area (Å²) in [6.45, 7) is 2.30. The van der Waals surface area contributed by atoms with Crippen molar-refractivity contribution in [2.75, 3.05) is 0 Å². The SMILES string of the molecule is CCCCCCCCCCCCCCCCCCC1CCc2ccccc2C1. The Labute approximate surface area is 176 Å². The zero-order valence-corrected chi connectivity index (χ0v) is 19.0. The summed E-state index contributed by atoms with van der Waals surface area (Å²) in [5.74, 6) is 0.960. The van der Waals surface area contributed by atoms with E-state index < -0.39 is 0 Å². The number of unbranched alkanes of at least 4 members (excludes halogenated alkanes) is 15. The monoisotopic (exact) mass is 384 g/mol. The van der Waals surface area contributed by atoms with Crippen molar-refractivity contribution in [3.05, 3.63) is 35.4 Å². The van der Waals surface area contributed by atoms with Gasteiger partial charge in [0, 0.05) is 0 Å². The molecule has 0 spiro atoms. The molecule has 0 aromatic heterocycles. The van der Waals surface area contributed by atoms with Crippen LogP contribution in [0.4, 0.5) is 0 Å². The molecule has 0 aliphatic heterocycles. The summed E-state index contributed by atoms with van der Waals surface area (Å²) >= 11 is 0. The van der Waals surface area contributed by atoms with E-state index >= 15 is 0 Å². The van der Waals surface area contributed by atoms with Gasteiger partial charge in [0.05, 0.1) is 0 Å². The fourth-order valence-corrected chi connectivity index (χ4v) is 5.00. The van der Waals surface area contributed by atoms with Gasteiger partial charge < -0.3 is 0 Å². The van der Waals surface area contributed by atoms with E-state index in [4.69, 9.17) is 0 Å². The highest BCUT2D eigenvalue weighted by Gasteiger charge is 2.17. The minimum atomic E-state index is 0.960. The molecule has 1 aromatic carbocycles. The number of fused-ring (bicyclic) bond motifs is 1. The zero-order valence-electron chi connectivity index (χ0n) is 19.0. The Morgan fingerprint density at radius 2 is 1.07 bits per heavy atom. The first-order chi connectivity index (χ1) is 13.9. The van der Waals surface area contributed by atoms with E-state index in [-0.39, 0.29) is 0 Å². The number of hydrogen-bond donors (Lipinski definition) is 0. The molecule has 0 nitrogen and oxygen atoms in total. The second-order valence-corrected chi connectivity index (χ2v) is 9.47. The number of rotatable bonds is 17. The van der Waals surface area contributed by atoms with Crippen LogP contribution in [-0.4, -0.2) is 0 Å². The molecule has 160 valence electrons. The van der Waals surface area contributed by atoms with Gasteiger partial charge in [-0.25, -0.2) is 0 Å². The summed E-state index contributed by atoms with van der Waals surface area (Å²) in [5, 5.41) is 0. The molecule has 0 heteroatoms. The Morgan fingerprint density at radius 3 is 1.61 bits per heavy atom. The van der Waals surface area contributed by atoms with Crippen LogP contribution in [0.1, 0.15) is 134 Å². The molecule has 0 saturated carbocycles. The van der Waals surface area contributed by atoms with Crippen molar-refractivity contribution in [1.29, 1.82) is 0 Å². The van der Waals surface area contributed by atoms with Gasteiger partial charge >= 0.3 is 0 Å². The summed E-state index contributed by atoms with van der Waals surface area (Å²) in [6, 6.07) is 9.11. The van der Waals surface area contributed by atoms with Crippen LogP contribution < -0.4 is 0 Å². The lowest BCUT2D eigenvalue weighted by molar-refractivity contribution is 0.403. The highest BCUT2D eigenvalue weighted by Crippen LogP contribution is 2.28. The van der Waals surface area contributed by atoms with E-state index in [1.807, 2.05) is 0 Å². The third-order valence-corrected chi connectivity index (χ3v) is 6.91. The maximum atomic E-state index is 2.36. The van der Waals surface area contributed by atoms with Gasteiger partial charge in [-0.05, 0) is 36.3 Å². The highest BCUT2D eigenvalue weighted by atomic mass is 14.2. The Morgan fingerprint density at radius 1 is 0.607 bits per heavy atom. The number of aryl methyl sites for hydroxylation is 1. The molecule has 0 N–H and O–H groups in total. The van der Waals surface area contributed by atoms with Crippen LogP contribution in [0.3, 0.4) is 0 Å². The van der Waals surface area contributed by atoms with Crippen molar-refractivity contribution in [3.63, 3.8) is 0 Å². The molecule has 1 unspecified atom stereocenters. The van der Waals surface area contributed by atoms with Crippen LogP contribution in [0.5, 0.6) is 0 Å². The molecule has 28 heavy (non-hydrogen) atoms. The van der Waals surface area contributed by atoms with Crippen molar-refractivity contribution in [2.24, 2.45) is 5.92 Å². The minimum Gasteiger partial charge on any atom is -0.0654 e. The molecule has 0 saturated heterocycles. The smallest absolute Gasteiger partial charge is 0.0248 e. The van der Waals surface area contributed by atoms with Crippen molar-refractivity contribution in [2.45, 2.75) is 135 Å². The molecule has 1 aliphatic rings. The van der Waals surface area contributed by atoms with Crippen LogP contribution in [0.25, 0.3) is 0 Å². The number of hydrogen-bond acceptors (Lipinski definition) is 0. The molecule has 0 fully saturated rings. The van der Waals surface area contributed by atoms with Gasteiger partial charge in [-0.2, -0.15) is 0 Å². The van der Waals surface area contributed by atoms with Gasteiger partial charge in [-0.15, -0.1) is 0 Å². The van der Waals surface area contributed by atoms with Crippen molar-refractivity contribution < 1.29 is 0 Å². The van der Waals surface area contributed by atoms with Crippen LogP contribution in [-0.2, 0) is 12.8 Å². The van der Waals surface area contributed by atoms with Crippen molar-refractivity contribution >= 4 is 0 Å². The van der Waals surface area contributed by atoms with Gasteiger partial charge in [0.1, 0.15) is 0 Å². The molecule has 1 aromatic rings. The Balaban J connectivity index is 1.30. The standard InChI is InChI=1S/C28H48/c1-2-3-4-5-6-7-8-9-10-11-12-13-14-15-16-17-20-26-23-24-27-21-18-19-22-28(27)25-26/h18-19,21-22,26H,2-17,20,23-25H2,1H3. The number of benzene rings is 1. The highest BCUT2D eigenvalue weighted by molar-refractivity contribution is 5.29. The second kappa shape index (κ2) is 16.1. The first-order valence-corrected chi connectivity index (χ1v) is 13.0. The molecule has 2 rings (SSSR count). The average Bonchev–Trinajstić information content (AvgIpc) is 2.73. The van der Waals surface area contributed by atoms with Crippen LogP contribution in [0.2, 0.25) is 0 Å². The molecule has 0 bridgehead atoms. The quantitative estimate of drug-likeness (QED) is 0.235. The molecule has 1 aliphatic carbocycles. The van der Waals surface area contributed by atoms with Crippen molar-refractivity contribution in [1.82, 2.24) is 0 Å². The van der Waals surface area contributed by atoms with E-state index in [9.17, 15) is 0 Å². The van der Waals surface area contributed by atoms with E-state index in [1.54, 1.807) is 11.1 Å². The maximum absolute atomic E-state index is 2.36. The van der Waals surface area contributed by atoms with Gasteiger partial charge in [0.15, 0.2) is 0 Å². The maximum Gasteiger partial charge on any atom is -0.0248 e. The fraction of sp³-hybridized carbons (Fsp3) is 0.786. The van der Waals surface area contributed by atoms with Crippen LogP contribution in [0.15, 0.2) is 24.3 Å². The summed E-state index contributed by atoms with van der Waals surface area (Å²) < 4.78 is 0. The first kappa shape index (κ1) is 23.5. The molecule has 0 radical (unpaired) electrons. The topological polar surface area (TPSA) is 0 Å². The lowest BCUT2D eigenvalue weighted by Gasteiger charge is -2.24. The van der Waals surface area contributed by atoms with Crippen molar-refractivity contribution in [3.8, 4) is 0 Å². The molecule has 0 amide bonds. The molecule has 1 atom stereocenters. The Hall–Kier alpha value is -0.780. The summed E-state index contributed by atoms with van der Waals surface area (Å²) in [6.07, 6.45) is 29.0. The third kappa shape index (κ3) is 10.7. The van der Waals surface area contributed by atoms with E-state index in [2.05, 4.69) is 31.2 Å². The largest absolute Gasteiger partial charge is 0.0654 e. The fourth-order valence-electron chi connectivity index (χ4n) is 5.00. The predicted molar refractivity (Wildman–Crippen MR) is 126 cm³/mol. The predicted octanol–water partition coefficient (Wildman–Crippen LogP) is 9.44. The van der Waals surface area contributed by atoms with Gasteiger partial charge in [-0.1, -0.05) is 140 Å². The zero-order chi connectivity index (χ0) is 19.7. The summed E-state index contributed by atoms with van der Waals surface area (Å²) in [4.78, 5) is 0. The van der Waals surface area contributed by atoms with E-state index in [1.165, 1.54) is 128 Å². The third-order valence-electron chi connectivity index (χ3n) is 6.91.